The van der Waals surface area contributed by atoms with E-state index in [1.165, 1.54) is 0 Å². The number of nitrogens with two attached hydrogens (primary N) is 1. The van der Waals surface area contributed by atoms with E-state index < -0.39 is 12.1 Å². The minimum absolute atomic E-state index is 0.173. The molecule has 1 heterocycles. The highest BCUT2D eigenvalue weighted by Gasteiger charge is 2.30. The van der Waals surface area contributed by atoms with Gasteiger partial charge in [-0.1, -0.05) is 30.3 Å². The van der Waals surface area contributed by atoms with Crippen molar-refractivity contribution in [3.63, 3.8) is 0 Å². The SMILES string of the molecule is Cc1cc(N)ccc1-c1cccc(C[C@H](NC(=O)C2CCC(CNC(=O)O)CC2)C(=O)Nc2ccc(-c3nn[nH]n3)cc2)c1. The van der Waals surface area contributed by atoms with Crippen LogP contribution in [0.15, 0.2) is 66.7 Å². The molecule has 0 saturated heterocycles. The number of aromatic amines is 1. The van der Waals surface area contributed by atoms with Crippen LogP contribution in [0.5, 0.6) is 0 Å². The fourth-order valence-corrected chi connectivity index (χ4v) is 5.69. The van der Waals surface area contributed by atoms with Gasteiger partial charge in [-0.15, -0.1) is 10.2 Å². The molecule has 1 atom stereocenters. The molecule has 12 heteroatoms. The molecule has 1 aliphatic rings. The predicted molar refractivity (Wildman–Crippen MR) is 166 cm³/mol. The number of aryl methyl sites for hydroxylation is 1. The molecule has 0 unspecified atom stereocenters. The minimum Gasteiger partial charge on any atom is -0.465 e. The van der Waals surface area contributed by atoms with Crippen LogP contribution in [-0.2, 0) is 16.0 Å². The van der Waals surface area contributed by atoms with E-state index in [-0.39, 0.29) is 30.1 Å². The third-order valence-electron chi connectivity index (χ3n) is 8.08. The van der Waals surface area contributed by atoms with E-state index in [9.17, 15) is 14.4 Å². The zero-order valence-electron chi connectivity index (χ0n) is 24.4. The van der Waals surface area contributed by atoms with Gasteiger partial charge in [0.1, 0.15) is 6.04 Å². The van der Waals surface area contributed by atoms with Gasteiger partial charge in [0.25, 0.3) is 0 Å². The Morgan fingerprint density at radius 2 is 1.77 bits per heavy atom. The molecule has 1 aromatic heterocycles. The van der Waals surface area contributed by atoms with Gasteiger partial charge in [0.05, 0.1) is 0 Å². The first-order valence-corrected chi connectivity index (χ1v) is 14.6. The second-order valence-corrected chi connectivity index (χ2v) is 11.2. The number of H-pyrrole nitrogens is 1. The third-order valence-corrected chi connectivity index (χ3v) is 8.08. The van der Waals surface area contributed by atoms with Gasteiger partial charge in [0, 0.05) is 35.8 Å². The van der Waals surface area contributed by atoms with Crippen LogP contribution in [0.4, 0.5) is 16.2 Å². The van der Waals surface area contributed by atoms with Gasteiger partial charge >= 0.3 is 6.09 Å². The highest BCUT2D eigenvalue weighted by atomic mass is 16.4. The quantitative estimate of drug-likeness (QED) is 0.147. The van der Waals surface area contributed by atoms with Crippen molar-refractivity contribution in [1.29, 1.82) is 0 Å². The average Bonchev–Trinajstić information content (AvgIpc) is 3.56. The van der Waals surface area contributed by atoms with E-state index in [1.807, 2.05) is 49.4 Å². The number of carboxylic acid groups (broad SMARTS) is 1. The van der Waals surface area contributed by atoms with Crippen LogP contribution in [0.2, 0.25) is 0 Å². The molecule has 44 heavy (non-hydrogen) atoms. The third kappa shape index (κ3) is 7.77. The van der Waals surface area contributed by atoms with E-state index in [0.717, 1.165) is 40.7 Å². The fraction of sp³-hybridized carbons (Fsp3) is 0.312. The fourth-order valence-electron chi connectivity index (χ4n) is 5.69. The lowest BCUT2D eigenvalue weighted by molar-refractivity contribution is -0.130. The number of amides is 3. The lowest BCUT2D eigenvalue weighted by atomic mass is 9.81. The molecule has 228 valence electrons. The molecule has 5 rings (SSSR count). The van der Waals surface area contributed by atoms with Crippen molar-refractivity contribution in [1.82, 2.24) is 31.3 Å². The van der Waals surface area contributed by atoms with Crippen molar-refractivity contribution in [2.24, 2.45) is 11.8 Å². The highest BCUT2D eigenvalue weighted by molar-refractivity contribution is 5.97. The molecule has 3 aromatic carbocycles. The predicted octanol–water partition coefficient (Wildman–Crippen LogP) is 4.16. The molecule has 4 aromatic rings. The lowest BCUT2D eigenvalue weighted by Crippen LogP contribution is -2.48. The number of benzene rings is 3. The number of anilines is 2. The van der Waals surface area contributed by atoms with Crippen LogP contribution in [0.25, 0.3) is 22.5 Å². The summed E-state index contributed by atoms with van der Waals surface area (Å²) < 4.78 is 0. The van der Waals surface area contributed by atoms with E-state index >= 15 is 0 Å². The number of nitrogens with zero attached hydrogens (tertiary/aromatic N) is 3. The standard InChI is InChI=1S/C32H36N8O4/c1-19-15-25(33)11-14-27(19)24-4-2-3-21(16-24)17-28(36-30(41)23-7-5-20(6-8-23)18-34-32(43)44)31(42)35-26-12-9-22(10-13-26)29-37-39-40-38-29/h2-4,9-16,20,23,28,34H,5-8,17-18,33H2,1H3,(H,35,42)(H,36,41)(H,43,44)(H,37,38,39,40)/t20?,23?,28-/m0/s1. The van der Waals surface area contributed by atoms with Crippen LogP contribution in [0, 0.1) is 18.8 Å². The number of hydrogen-bond donors (Lipinski definition) is 6. The Kier molecular flexibility index (Phi) is 9.48. The molecule has 1 saturated carbocycles. The van der Waals surface area contributed by atoms with E-state index in [2.05, 4.69) is 36.6 Å². The summed E-state index contributed by atoms with van der Waals surface area (Å²) >= 11 is 0. The summed E-state index contributed by atoms with van der Waals surface area (Å²) in [6, 6.07) is 19.9. The molecular formula is C32H36N8O4. The zero-order chi connectivity index (χ0) is 31.1. The van der Waals surface area contributed by atoms with Crippen molar-refractivity contribution in [3.05, 3.63) is 77.9 Å². The van der Waals surface area contributed by atoms with E-state index in [1.54, 1.807) is 24.3 Å². The average molecular weight is 597 g/mol. The van der Waals surface area contributed by atoms with Gasteiger partial charge in [-0.05, 0) is 102 Å². The summed E-state index contributed by atoms with van der Waals surface area (Å²) in [5, 5.41) is 31.2. The number of carbonyl (C=O) groups is 3. The molecule has 0 aliphatic heterocycles. The molecule has 1 fully saturated rings. The van der Waals surface area contributed by atoms with E-state index in [0.29, 0.717) is 36.6 Å². The summed E-state index contributed by atoms with van der Waals surface area (Å²) in [5.41, 5.74) is 11.9. The normalized spacial score (nSPS) is 16.9. The van der Waals surface area contributed by atoms with Gasteiger partial charge in [-0.25, -0.2) is 4.79 Å². The van der Waals surface area contributed by atoms with Crippen molar-refractivity contribution in [2.45, 2.75) is 45.1 Å². The topological polar surface area (TPSA) is 188 Å². The largest absolute Gasteiger partial charge is 0.465 e. The Labute approximate surface area is 254 Å². The molecular weight excluding hydrogens is 560 g/mol. The first-order valence-electron chi connectivity index (χ1n) is 14.6. The maximum absolute atomic E-state index is 13.7. The highest BCUT2D eigenvalue weighted by Crippen LogP contribution is 2.29. The summed E-state index contributed by atoms with van der Waals surface area (Å²) in [4.78, 5) is 37.9. The van der Waals surface area contributed by atoms with Gasteiger partial charge < -0.3 is 26.8 Å². The van der Waals surface area contributed by atoms with Gasteiger partial charge in [0.2, 0.25) is 17.6 Å². The van der Waals surface area contributed by atoms with Crippen LogP contribution >= 0.6 is 0 Å². The van der Waals surface area contributed by atoms with Gasteiger partial charge in [-0.3, -0.25) is 9.59 Å². The van der Waals surface area contributed by atoms with Crippen LogP contribution in [0.3, 0.4) is 0 Å². The van der Waals surface area contributed by atoms with Crippen LogP contribution < -0.4 is 21.7 Å². The van der Waals surface area contributed by atoms with Crippen molar-refractivity contribution in [3.8, 4) is 22.5 Å². The summed E-state index contributed by atoms with van der Waals surface area (Å²) in [5.74, 6) is -0.113. The Morgan fingerprint density at radius 3 is 2.45 bits per heavy atom. The maximum Gasteiger partial charge on any atom is 0.404 e. The number of nitrogens with one attached hydrogen (secondary N) is 4. The lowest BCUT2D eigenvalue weighted by Gasteiger charge is -2.29. The summed E-state index contributed by atoms with van der Waals surface area (Å²) in [6.45, 7) is 2.38. The first kappa shape index (κ1) is 30.2. The number of aromatic nitrogens is 4. The molecule has 0 bridgehead atoms. The summed E-state index contributed by atoms with van der Waals surface area (Å²) in [7, 11) is 0. The van der Waals surface area contributed by atoms with E-state index in [4.69, 9.17) is 10.8 Å². The Balaban J connectivity index is 1.31. The van der Waals surface area contributed by atoms with Crippen molar-refractivity contribution in [2.75, 3.05) is 17.6 Å². The zero-order valence-corrected chi connectivity index (χ0v) is 24.4. The first-order chi connectivity index (χ1) is 21.2. The Hall–Kier alpha value is -5.26. The maximum atomic E-state index is 13.7. The van der Waals surface area contributed by atoms with Gasteiger partial charge in [0.15, 0.2) is 0 Å². The molecule has 1 aliphatic carbocycles. The smallest absolute Gasteiger partial charge is 0.404 e. The molecule has 0 radical (unpaired) electrons. The number of tetrazole rings is 1. The van der Waals surface area contributed by atoms with Crippen LogP contribution in [0.1, 0.15) is 36.8 Å². The van der Waals surface area contributed by atoms with Crippen molar-refractivity contribution >= 4 is 29.3 Å². The number of hydrogen-bond acceptors (Lipinski definition) is 7. The minimum atomic E-state index is -1.04. The Morgan fingerprint density at radius 1 is 1.00 bits per heavy atom. The van der Waals surface area contributed by atoms with Crippen LogP contribution in [-0.4, -0.2) is 56.2 Å². The summed E-state index contributed by atoms with van der Waals surface area (Å²) in [6.07, 6.45) is 2.00. The number of carbonyl (C=O) groups excluding carboxylic acids is 2. The number of rotatable bonds is 10. The second-order valence-electron chi connectivity index (χ2n) is 11.2. The molecule has 3 amide bonds. The molecule has 12 nitrogen and oxygen atoms in total. The Bertz CT molecular complexity index is 1600. The monoisotopic (exact) mass is 596 g/mol. The second kappa shape index (κ2) is 13.8. The number of nitrogen functional groups attached to an aromatic ring is 1. The van der Waals surface area contributed by atoms with Gasteiger partial charge in [-0.2, -0.15) is 5.21 Å². The molecule has 7 N–H and O–H groups in total. The molecule has 0 spiro atoms. The van der Waals surface area contributed by atoms with Crippen molar-refractivity contribution < 1.29 is 19.5 Å².